The molecule has 0 amide bonds. The van der Waals surface area contributed by atoms with Crippen LogP contribution in [-0.4, -0.2) is 75.0 Å². The molecule has 0 aromatic heterocycles. The Bertz CT molecular complexity index is 1400. The summed E-state index contributed by atoms with van der Waals surface area (Å²) in [6.07, 6.45) is 11.5. The Labute approximate surface area is 280 Å². The first-order chi connectivity index (χ1) is 22.3. The molecule has 4 rings (SSSR count). The topological polar surface area (TPSA) is 61.2 Å². The number of hydrogen-bond donors (Lipinski definition) is 2. The van der Waals surface area contributed by atoms with E-state index in [-0.39, 0.29) is 0 Å². The lowest BCUT2D eigenvalue weighted by atomic mass is 9.96. The molecule has 4 atom stereocenters. The van der Waals surface area contributed by atoms with E-state index in [2.05, 4.69) is 53.0 Å². The molecule has 0 radical (unpaired) electrons. The summed E-state index contributed by atoms with van der Waals surface area (Å²) in [5, 5.41) is 9.27. The third-order valence-electron chi connectivity index (χ3n) is 9.12. The van der Waals surface area contributed by atoms with Crippen LogP contribution >= 0.6 is 11.6 Å². The van der Waals surface area contributed by atoms with Gasteiger partial charge in [-0.2, -0.15) is 0 Å². The molecule has 6 nitrogen and oxygen atoms in total. The average Bonchev–Trinajstić information content (AvgIpc) is 3.50. The van der Waals surface area contributed by atoms with Gasteiger partial charge in [0.15, 0.2) is 5.83 Å². The fourth-order valence-corrected chi connectivity index (χ4v) is 7.04. The zero-order valence-electron chi connectivity index (χ0n) is 28.2. The van der Waals surface area contributed by atoms with Gasteiger partial charge in [-0.1, -0.05) is 73.5 Å². The van der Waals surface area contributed by atoms with Crippen LogP contribution in [0.3, 0.4) is 0 Å². The maximum absolute atomic E-state index is 16.3. The lowest BCUT2D eigenvalue weighted by molar-refractivity contribution is -0.0870. The predicted molar refractivity (Wildman–Crippen MR) is 195 cm³/mol. The van der Waals surface area contributed by atoms with Gasteiger partial charge in [-0.25, -0.2) is 14.4 Å². The first-order valence-corrected chi connectivity index (χ1v) is 17.5. The van der Waals surface area contributed by atoms with Crippen LogP contribution in [0.1, 0.15) is 77.7 Å². The summed E-state index contributed by atoms with van der Waals surface area (Å²) in [5.41, 5.74) is 2.17. The molecule has 46 heavy (non-hydrogen) atoms. The number of nitrogens with zero attached hydrogens (tertiary/aromatic N) is 3. The van der Waals surface area contributed by atoms with E-state index < -0.39 is 5.83 Å². The maximum Gasteiger partial charge on any atom is 0.150 e. The number of rotatable bonds is 15. The lowest BCUT2D eigenvalue weighted by Gasteiger charge is -2.37. The third kappa shape index (κ3) is 10.4. The summed E-state index contributed by atoms with van der Waals surface area (Å²) in [6, 6.07) is 14.7. The third-order valence-corrected chi connectivity index (χ3v) is 9.42. The number of allylic oxidation sites excluding steroid dienone is 4. The summed E-state index contributed by atoms with van der Waals surface area (Å²) in [7, 11) is 1.98. The molecular formula is C38H53ClFN5O. The van der Waals surface area contributed by atoms with E-state index in [4.69, 9.17) is 16.3 Å². The number of amidine groups is 1. The number of ether oxygens (including phenoxy) is 1. The minimum Gasteiger partial charge on any atom is -0.372 e. The molecule has 8 heteroatoms. The van der Waals surface area contributed by atoms with Crippen molar-refractivity contribution in [3.63, 3.8) is 0 Å². The highest BCUT2D eigenvalue weighted by molar-refractivity contribution is 6.35. The van der Waals surface area contributed by atoms with Crippen molar-refractivity contribution in [3.05, 3.63) is 76.7 Å². The summed E-state index contributed by atoms with van der Waals surface area (Å²) < 4.78 is 22.4. The minimum absolute atomic E-state index is 0.309. The van der Waals surface area contributed by atoms with Crippen LogP contribution in [-0.2, 0) is 4.74 Å². The van der Waals surface area contributed by atoms with Crippen LogP contribution in [0.15, 0.2) is 81.2 Å². The molecular weight excluding hydrogens is 597 g/mol. The van der Waals surface area contributed by atoms with Gasteiger partial charge in [-0.05, 0) is 94.6 Å². The van der Waals surface area contributed by atoms with E-state index >= 15 is 4.39 Å². The minimum atomic E-state index is -0.496. The van der Waals surface area contributed by atoms with E-state index in [0.717, 1.165) is 93.0 Å². The van der Waals surface area contributed by atoms with Crippen molar-refractivity contribution in [2.75, 3.05) is 33.2 Å². The molecule has 0 aliphatic carbocycles. The van der Waals surface area contributed by atoms with Crippen molar-refractivity contribution >= 4 is 40.5 Å². The molecule has 0 saturated carbocycles. The molecule has 2 fully saturated rings. The van der Waals surface area contributed by atoms with Gasteiger partial charge in [-0.3, -0.25) is 4.90 Å². The molecule has 2 aliphatic rings. The first kappa shape index (κ1) is 36.2. The van der Waals surface area contributed by atoms with Crippen LogP contribution < -0.4 is 10.6 Å². The lowest BCUT2D eigenvalue weighted by Crippen LogP contribution is -2.47. The SMILES string of the molecule is C=NC(CCCCN1CC(CC)OC(CC)C1)=N/C=C(F)/C(=C(Cl)\C=C(/C)CC1CCC(CNC)N1)c1cccc2ccccc12. The molecule has 2 N–H and O–H groups in total. The monoisotopic (exact) mass is 649 g/mol. The van der Waals surface area contributed by atoms with Crippen molar-refractivity contribution in [1.82, 2.24) is 15.5 Å². The molecule has 0 bridgehead atoms. The van der Waals surface area contributed by atoms with Crippen LogP contribution in [0.5, 0.6) is 0 Å². The van der Waals surface area contributed by atoms with Gasteiger partial charge in [0, 0.05) is 43.7 Å². The highest BCUT2D eigenvalue weighted by Gasteiger charge is 2.25. The van der Waals surface area contributed by atoms with E-state index in [1.54, 1.807) is 0 Å². The molecule has 2 aromatic carbocycles. The number of nitrogens with one attached hydrogen (secondary N) is 2. The Morgan fingerprint density at radius 2 is 1.80 bits per heavy atom. The number of morpholine rings is 1. The van der Waals surface area contributed by atoms with Gasteiger partial charge in [0.2, 0.25) is 0 Å². The van der Waals surface area contributed by atoms with Crippen LogP contribution in [0.4, 0.5) is 4.39 Å². The highest BCUT2D eigenvalue weighted by Crippen LogP contribution is 2.36. The molecule has 2 saturated heterocycles. The molecule has 2 aliphatic heterocycles. The van der Waals surface area contributed by atoms with E-state index in [1.807, 2.05) is 55.6 Å². The predicted octanol–water partition coefficient (Wildman–Crippen LogP) is 8.44. The maximum atomic E-state index is 16.3. The van der Waals surface area contributed by atoms with Gasteiger partial charge in [0.25, 0.3) is 0 Å². The zero-order chi connectivity index (χ0) is 32.9. The number of benzene rings is 2. The summed E-state index contributed by atoms with van der Waals surface area (Å²) in [5.74, 6) is 0.0303. The van der Waals surface area contributed by atoms with Crippen molar-refractivity contribution < 1.29 is 9.13 Å². The van der Waals surface area contributed by atoms with Crippen molar-refractivity contribution in [2.45, 2.75) is 96.4 Å². The van der Waals surface area contributed by atoms with Crippen LogP contribution in [0.25, 0.3) is 16.3 Å². The standard InChI is InChI=1S/C38H53ClFN5O/c1-6-31-25-45(26-32(7-2)46-31)20-11-10-17-37(42-5)43-24-36(40)38(34-16-12-14-28-13-8-9-15-33(28)34)35(39)22-27(3)21-29-18-19-30(44-29)23-41-4/h8-9,12-16,22,24,29-32,41,44H,5-7,10-11,17-21,23,25-26H2,1-4H3/b27-22+,36-24-,38-35+,43-37?. The molecule has 4 unspecified atom stereocenters. The van der Waals surface area contributed by atoms with Gasteiger partial charge >= 0.3 is 0 Å². The number of hydrogen-bond acceptors (Lipinski definition) is 5. The van der Waals surface area contributed by atoms with Crippen LogP contribution in [0, 0.1) is 0 Å². The van der Waals surface area contributed by atoms with Gasteiger partial charge in [0.1, 0.15) is 5.84 Å². The molecule has 0 spiro atoms. The first-order valence-electron chi connectivity index (χ1n) is 17.1. The number of fused-ring (bicyclic) bond motifs is 1. The van der Waals surface area contributed by atoms with E-state index in [1.165, 1.54) is 6.20 Å². The average molecular weight is 650 g/mol. The number of unbranched alkanes of at least 4 members (excludes halogenated alkanes) is 1. The van der Waals surface area contributed by atoms with Crippen molar-refractivity contribution in [1.29, 1.82) is 0 Å². The molecule has 250 valence electrons. The normalized spacial score (nSPS) is 24.0. The second-order valence-electron chi connectivity index (χ2n) is 12.7. The molecule has 2 heterocycles. The summed E-state index contributed by atoms with van der Waals surface area (Å²) in [6.45, 7) is 14.1. The Hall–Kier alpha value is -2.68. The number of halogens is 2. The smallest absolute Gasteiger partial charge is 0.150 e. The highest BCUT2D eigenvalue weighted by atomic mass is 35.5. The second-order valence-corrected chi connectivity index (χ2v) is 13.1. The van der Waals surface area contributed by atoms with E-state index in [9.17, 15) is 0 Å². The second kappa shape index (κ2) is 18.6. The van der Waals surface area contributed by atoms with E-state index in [0.29, 0.717) is 47.2 Å². The molecule has 2 aromatic rings. The van der Waals surface area contributed by atoms with Gasteiger partial charge < -0.3 is 15.4 Å². The number of likely N-dealkylation sites (N-methyl/N-ethyl adjacent to an activating group) is 1. The summed E-state index contributed by atoms with van der Waals surface area (Å²) in [4.78, 5) is 11.1. The fraction of sp³-hybridized carbons (Fsp3) is 0.526. The van der Waals surface area contributed by atoms with Gasteiger partial charge in [0.05, 0.1) is 23.4 Å². The van der Waals surface area contributed by atoms with Gasteiger partial charge in [-0.15, -0.1) is 0 Å². The van der Waals surface area contributed by atoms with Crippen LogP contribution in [0.2, 0.25) is 0 Å². The Morgan fingerprint density at radius 1 is 1.09 bits per heavy atom. The Morgan fingerprint density at radius 3 is 2.52 bits per heavy atom. The Balaban J connectivity index is 1.51. The van der Waals surface area contributed by atoms with Crippen molar-refractivity contribution in [3.8, 4) is 0 Å². The number of aliphatic imine (C=N–C) groups is 2. The van der Waals surface area contributed by atoms with Crippen molar-refractivity contribution in [2.24, 2.45) is 9.98 Å². The zero-order valence-corrected chi connectivity index (χ0v) is 29.0. The largest absolute Gasteiger partial charge is 0.372 e. The summed E-state index contributed by atoms with van der Waals surface area (Å²) >= 11 is 7.00. The quantitative estimate of drug-likeness (QED) is 0.0880. The fourth-order valence-electron chi connectivity index (χ4n) is 6.66. The Kier molecular flexibility index (Phi) is 14.6.